The molecule has 0 aromatic rings. The van der Waals surface area contributed by atoms with Crippen LogP contribution in [0.2, 0.25) is 0 Å². The van der Waals surface area contributed by atoms with Crippen molar-refractivity contribution >= 4 is 0 Å². The van der Waals surface area contributed by atoms with Gasteiger partial charge < -0.3 is 0 Å². The molecular weight excluding hydrogens is 127 g/mol. The van der Waals surface area contributed by atoms with Crippen molar-refractivity contribution in [3.05, 3.63) is 23.6 Å². The fraction of sp³-hybridized carbons (Fsp3) is 0.556. The minimum absolute atomic E-state index is 0.0310. The van der Waals surface area contributed by atoms with Gasteiger partial charge in [-0.15, -0.1) is 0 Å². The van der Waals surface area contributed by atoms with Crippen LogP contribution in [0.1, 0.15) is 32.6 Å². The highest BCUT2D eigenvalue weighted by atomic mass is 19.1. The van der Waals surface area contributed by atoms with Gasteiger partial charge in [-0.05, 0) is 31.8 Å². The van der Waals surface area contributed by atoms with Crippen molar-refractivity contribution in [1.29, 1.82) is 0 Å². The molecule has 10 heavy (non-hydrogen) atoms. The molecule has 56 valence electrons. The second-order valence-corrected chi connectivity index (χ2v) is 2.65. The predicted octanol–water partition coefficient (Wildman–Crippen LogP) is 3.36. The van der Waals surface area contributed by atoms with Gasteiger partial charge in [-0.1, -0.05) is 18.6 Å². The minimum Gasteiger partial charge on any atom is -0.212 e. The quantitative estimate of drug-likeness (QED) is 0.524. The molecule has 0 heterocycles. The third-order valence-electron chi connectivity index (χ3n) is 1.87. The standard InChI is InChI=1S/C9H13F/c1-2-8-4-3-5-9(10)7-6-8/h6-7H,2-5H2,1H3. The van der Waals surface area contributed by atoms with E-state index < -0.39 is 0 Å². The fourth-order valence-electron chi connectivity index (χ4n) is 1.15. The molecule has 0 saturated heterocycles. The van der Waals surface area contributed by atoms with Crippen molar-refractivity contribution in [2.75, 3.05) is 0 Å². The van der Waals surface area contributed by atoms with Gasteiger partial charge in [0.05, 0.1) is 5.83 Å². The van der Waals surface area contributed by atoms with Crippen LogP contribution < -0.4 is 0 Å². The third kappa shape index (κ3) is 1.98. The summed E-state index contributed by atoms with van der Waals surface area (Å²) in [5, 5.41) is 0. The number of halogens is 1. The number of hydrogen-bond acceptors (Lipinski definition) is 0. The highest BCUT2D eigenvalue weighted by Gasteiger charge is 2.01. The maximum atomic E-state index is 12.6. The van der Waals surface area contributed by atoms with Crippen LogP contribution in [0.15, 0.2) is 23.6 Å². The molecule has 0 aromatic carbocycles. The SMILES string of the molecule is CCC1=CC=C(F)CCC1. The Bertz CT molecular complexity index is 166. The molecule has 0 unspecified atom stereocenters. The second kappa shape index (κ2) is 3.55. The van der Waals surface area contributed by atoms with Crippen molar-refractivity contribution in [3.63, 3.8) is 0 Å². The number of allylic oxidation sites excluding steroid dienone is 4. The Kier molecular flexibility index (Phi) is 2.67. The van der Waals surface area contributed by atoms with Gasteiger partial charge in [-0.3, -0.25) is 0 Å². The van der Waals surface area contributed by atoms with E-state index in [9.17, 15) is 4.39 Å². The Labute approximate surface area is 61.4 Å². The molecule has 1 aliphatic rings. The molecular formula is C9H13F. The highest BCUT2D eigenvalue weighted by molar-refractivity contribution is 5.17. The van der Waals surface area contributed by atoms with Crippen molar-refractivity contribution in [2.24, 2.45) is 0 Å². The first-order valence-corrected chi connectivity index (χ1v) is 3.87. The van der Waals surface area contributed by atoms with E-state index in [1.807, 2.05) is 6.08 Å². The summed E-state index contributed by atoms with van der Waals surface area (Å²) in [5.41, 5.74) is 1.37. The zero-order valence-corrected chi connectivity index (χ0v) is 6.36. The predicted molar refractivity (Wildman–Crippen MR) is 41.4 cm³/mol. The fourth-order valence-corrected chi connectivity index (χ4v) is 1.15. The van der Waals surface area contributed by atoms with Gasteiger partial charge in [0.25, 0.3) is 0 Å². The molecule has 0 saturated carbocycles. The summed E-state index contributed by atoms with van der Waals surface area (Å²) < 4.78 is 12.6. The lowest BCUT2D eigenvalue weighted by molar-refractivity contribution is 0.576. The largest absolute Gasteiger partial charge is 0.212 e. The molecule has 0 amide bonds. The molecule has 0 bridgehead atoms. The molecule has 0 fully saturated rings. The molecule has 0 spiro atoms. The maximum Gasteiger partial charge on any atom is 0.0999 e. The van der Waals surface area contributed by atoms with E-state index in [1.54, 1.807) is 6.08 Å². The van der Waals surface area contributed by atoms with Crippen LogP contribution in [0, 0.1) is 0 Å². The maximum absolute atomic E-state index is 12.6. The van der Waals surface area contributed by atoms with Crippen LogP contribution in [0.3, 0.4) is 0 Å². The van der Waals surface area contributed by atoms with Gasteiger partial charge in [0, 0.05) is 0 Å². The van der Waals surface area contributed by atoms with Gasteiger partial charge in [0.15, 0.2) is 0 Å². The molecule has 0 aliphatic heterocycles. The first-order chi connectivity index (χ1) is 4.83. The average Bonchev–Trinajstić information content (AvgIpc) is 2.14. The Morgan fingerprint density at radius 1 is 1.40 bits per heavy atom. The lowest BCUT2D eigenvalue weighted by atomic mass is 10.1. The second-order valence-electron chi connectivity index (χ2n) is 2.65. The zero-order valence-electron chi connectivity index (χ0n) is 6.36. The molecule has 0 atom stereocenters. The summed E-state index contributed by atoms with van der Waals surface area (Å²) in [6.45, 7) is 2.11. The monoisotopic (exact) mass is 140 g/mol. The number of rotatable bonds is 1. The molecule has 0 radical (unpaired) electrons. The zero-order chi connectivity index (χ0) is 7.40. The first kappa shape index (κ1) is 7.52. The molecule has 1 aliphatic carbocycles. The van der Waals surface area contributed by atoms with Crippen molar-refractivity contribution in [2.45, 2.75) is 32.6 Å². The van der Waals surface area contributed by atoms with E-state index in [0.717, 1.165) is 19.3 Å². The average molecular weight is 140 g/mol. The van der Waals surface area contributed by atoms with E-state index in [-0.39, 0.29) is 5.83 Å². The van der Waals surface area contributed by atoms with E-state index in [1.165, 1.54) is 5.57 Å². The highest BCUT2D eigenvalue weighted by Crippen LogP contribution is 2.19. The van der Waals surface area contributed by atoms with Crippen LogP contribution >= 0.6 is 0 Å². The smallest absolute Gasteiger partial charge is 0.0999 e. The van der Waals surface area contributed by atoms with Gasteiger partial charge in [0.2, 0.25) is 0 Å². The van der Waals surface area contributed by atoms with Gasteiger partial charge in [-0.2, -0.15) is 0 Å². The molecule has 1 rings (SSSR count). The topological polar surface area (TPSA) is 0 Å². The summed E-state index contributed by atoms with van der Waals surface area (Å²) in [7, 11) is 0. The van der Waals surface area contributed by atoms with E-state index in [0.29, 0.717) is 6.42 Å². The van der Waals surface area contributed by atoms with Crippen molar-refractivity contribution in [3.8, 4) is 0 Å². The Balaban J connectivity index is 2.60. The summed E-state index contributed by atoms with van der Waals surface area (Å²) in [6, 6.07) is 0. The Hall–Kier alpha value is -0.590. The van der Waals surface area contributed by atoms with Crippen LogP contribution in [0.25, 0.3) is 0 Å². The van der Waals surface area contributed by atoms with Crippen LogP contribution in [-0.2, 0) is 0 Å². The molecule has 0 aromatic heterocycles. The van der Waals surface area contributed by atoms with E-state index in [4.69, 9.17) is 0 Å². The van der Waals surface area contributed by atoms with Crippen LogP contribution in [-0.4, -0.2) is 0 Å². The summed E-state index contributed by atoms with van der Waals surface area (Å²) in [5.74, 6) is 0.0310. The third-order valence-corrected chi connectivity index (χ3v) is 1.87. The van der Waals surface area contributed by atoms with Gasteiger partial charge in [0.1, 0.15) is 0 Å². The molecule has 0 nitrogen and oxygen atoms in total. The van der Waals surface area contributed by atoms with Crippen LogP contribution in [0.5, 0.6) is 0 Å². The summed E-state index contributed by atoms with van der Waals surface area (Å²) in [4.78, 5) is 0. The van der Waals surface area contributed by atoms with Gasteiger partial charge in [-0.25, -0.2) is 4.39 Å². The lowest BCUT2D eigenvalue weighted by Crippen LogP contribution is -1.78. The molecule has 1 heteroatoms. The van der Waals surface area contributed by atoms with Gasteiger partial charge >= 0.3 is 0 Å². The Morgan fingerprint density at radius 2 is 2.20 bits per heavy atom. The number of hydrogen-bond donors (Lipinski definition) is 0. The summed E-state index contributed by atoms with van der Waals surface area (Å²) in [6.07, 6.45) is 7.25. The normalized spacial score (nSPS) is 19.4. The van der Waals surface area contributed by atoms with E-state index >= 15 is 0 Å². The minimum atomic E-state index is 0.0310. The van der Waals surface area contributed by atoms with Crippen LogP contribution in [0.4, 0.5) is 4.39 Å². The first-order valence-electron chi connectivity index (χ1n) is 3.87. The van der Waals surface area contributed by atoms with E-state index in [2.05, 4.69) is 6.92 Å². The Morgan fingerprint density at radius 3 is 2.90 bits per heavy atom. The molecule has 0 N–H and O–H groups in total. The summed E-state index contributed by atoms with van der Waals surface area (Å²) >= 11 is 0. The van der Waals surface area contributed by atoms with Crippen molar-refractivity contribution < 1.29 is 4.39 Å². The van der Waals surface area contributed by atoms with Crippen molar-refractivity contribution in [1.82, 2.24) is 0 Å². The lowest BCUT2D eigenvalue weighted by Gasteiger charge is -1.97.